The van der Waals surface area contributed by atoms with E-state index in [0.717, 1.165) is 0 Å². The smallest absolute Gasteiger partial charge is 0.181 e. The Morgan fingerprint density at radius 3 is 2.53 bits per heavy atom. The quantitative estimate of drug-likeness (QED) is 0.664. The van der Waals surface area contributed by atoms with Crippen molar-refractivity contribution >= 4 is 11.6 Å². The van der Waals surface area contributed by atoms with Gasteiger partial charge in [0.15, 0.2) is 11.6 Å². The average Bonchev–Trinajstić information content (AvgIpc) is 2.44. The molecule has 0 aliphatic heterocycles. The molecule has 0 aliphatic carbocycles. The molecule has 0 N–H and O–H groups in total. The molecule has 98 valence electrons. The van der Waals surface area contributed by atoms with E-state index in [0.29, 0.717) is 11.3 Å². The molecule has 0 bridgehead atoms. The Kier molecular flexibility index (Phi) is 4.23. The van der Waals surface area contributed by atoms with Crippen LogP contribution in [0.3, 0.4) is 0 Å². The molecule has 19 heavy (non-hydrogen) atoms. The minimum Gasteiger partial charge on any atom is -0.453 e. The molecule has 2 aromatic carbocycles. The molecule has 2 rings (SSSR count). The third-order valence-corrected chi connectivity index (χ3v) is 3.18. The first-order valence-corrected chi connectivity index (χ1v) is 6.34. The molecule has 0 fully saturated rings. The van der Waals surface area contributed by atoms with Gasteiger partial charge < -0.3 is 4.74 Å². The maximum atomic E-state index is 14.4. The molecule has 3 heteroatoms. The van der Waals surface area contributed by atoms with Crippen LogP contribution in [-0.2, 0) is 0 Å². The van der Waals surface area contributed by atoms with Gasteiger partial charge in [0.1, 0.15) is 5.75 Å². The summed E-state index contributed by atoms with van der Waals surface area (Å²) in [5, 5.41) is 0.251. The third-order valence-electron chi connectivity index (χ3n) is 2.89. The second kappa shape index (κ2) is 5.89. The topological polar surface area (TPSA) is 9.23 Å². The molecule has 2 aromatic rings. The second-order valence-electron chi connectivity index (χ2n) is 4.22. The summed E-state index contributed by atoms with van der Waals surface area (Å²) in [7, 11) is 0. The molecule has 0 aliphatic rings. The lowest BCUT2D eigenvalue weighted by Gasteiger charge is -2.14. The Hall–Kier alpha value is -1.80. The van der Waals surface area contributed by atoms with Gasteiger partial charge in [-0.3, -0.25) is 0 Å². The number of hydrogen-bond donors (Lipinski definition) is 0. The summed E-state index contributed by atoms with van der Waals surface area (Å²) in [5.74, 6) is 0.0601. The highest BCUT2D eigenvalue weighted by Gasteiger charge is 2.17. The third kappa shape index (κ3) is 2.96. The van der Waals surface area contributed by atoms with Crippen molar-refractivity contribution in [1.29, 1.82) is 0 Å². The van der Waals surface area contributed by atoms with Crippen molar-refractivity contribution in [3.8, 4) is 11.5 Å². The van der Waals surface area contributed by atoms with Crippen molar-refractivity contribution in [3.05, 3.63) is 71.5 Å². The molecule has 0 unspecified atom stereocenters. The number of benzene rings is 2. The fourth-order valence-corrected chi connectivity index (χ4v) is 1.91. The summed E-state index contributed by atoms with van der Waals surface area (Å²) in [4.78, 5) is 0. The van der Waals surface area contributed by atoms with Crippen molar-refractivity contribution in [3.63, 3.8) is 0 Å². The van der Waals surface area contributed by atoms with Gasteiger partial charge in [0.2, 0.25) is 0 Å². The summed E-state index contributed by atoms with van der Waals surface area (Å²) in [6, 6.07) is 12.3. The Labute approximate surface area is 117 Å². The fraction of sp³-hybridized carbons (Fsp3) is 0.125. The van der Waals surface area contributed by atoms with E-state index in [4.69, 9.17) is 16.3 Å². The van der Waals surface area contributed by atoms with E-state index in [1.807, 2.05) is 25.1 Å². The van der Waals surface area contributed by atoms with Crippen LogP contribution in [0.5, 0.6) is 11.5 Å². The van der Waals surface area contributed by atoms with Gasteiger partial charge in [-0.05, 0) is 23.8 Å². The SMILES string of the molecule is C=C[C@@H](C)c1ccc(Cl)c(Oc2ccccc2)c1F. The van der Waals surface area contributed by atoms with Crippen molar-refractivity contribution in [2.45, 2.75) is 12.8 Å². The first-order valence-electron chi connectivity index (χ1n) is 5.97. The van der Waals surface area contributed by atoms with E-state index < -0.39 is 5.82 Å². The maximum absolute atomic E-state index is 14.4. The molecule has 0 aromatic heterocycles. The van der Waals surface area contributed by atoms with Gasteiger partial charge in [-0.15, -0.1) is 6.58 Å². The Morgan fingerprint density at radius 1 is 1.21 bits per heavy atom. The van der Waals surface area contributed by atoms with Crippen LogP contribution in [0.1, 0.15) is 18.4 Å². The average molecular weight is 277 g/mol. The molecule has 1 nitrogen and oxygen atoms in total. The van der Waals surface area contributed by atoms with Crippen LogP contribution in [0.4, 0.5) is 4.39 Å². The highest BCUT2D eigenvalue weighted by atomic mass is 35.5. The molecule has 0 heterocycles. The molecular weight excluding hydrogens is 263 g/mol. The first kappa shape index (κ1) is 13.6. The van der Waals surface area contributed by atoms with E-state index in [-0.39, 0.29) is 16.7 Å². The molecule has 0 spiro atoms. The summed E-state index contributed by atoms with van der Waals surface area (Å²) in [6.45, 7) is 5.54. The lowest BCUT2D eigenvalue weighted by molar-refractivity contribution is 0.438. The number of allylic oxidation sites excluding steroid dienone is 1. The van der Waals surface area contributed by atoms with Crippen molar-refractivity contribution in [2.24, 2.45) is 0 Å². The minimum atomic E-state index is -0.441. The summed E-state index contributed by atoms with van der Waals surface area (Å²) in [6.07, 6.45) is 1.68. The van der Waals surface area contributed by atoms with Crippen LogP contribution < -0.4 is 4.74 Å². The normalized spacial score (nSPS) is 11.9. The first-order chi connectivity index (χ1) is 9.13. The van der Waals surface area contributed by atoms with Crippen LogP contribution in [-0.4, -0.2) is 0 Å². The van der Waals surface area contributed by atoms with Crippen molar-refractivity contribution < 1.29 is 9.13 Å². The standard InChI is InChI=1S/C16H14ClFO/c1-3-11(2)13-9-10-14(17)16(15(13)18)19-12-7-5-4-6-8-12/h3-11H,1H2,2H3/t11-/m1/s1. The zero-order chi connectivity index (χ0) is 13.8. The molecule has 0 saturated heterocycles. The predicted molar refractivity (Wildman–Crippen MR) is 76.5 cm³/mol. The van der Waals surface area contributed by atoms with Gasteiger partial charge in [-0.25, -0.2) is 4.39 Å². The van der Waals surface area contributed by atoms with Crippen LogP contribution in [0.2, 0.25) is 5.02 Å². The molecule has 0 radical (unpaired) electrons. The van der Waals surface area contributed by atoms with E-state index in [9.17, 15) is 4.39 Å². The van der Waals surface area contributed by atoms with Gasteiger partial charge in [-0.1, -0.05) is 48.9 Å². The molecule has 1 atom stereocenters. The van der Waals surface area contributed by atoms with Crippen molar-refractivity contribution in [2.75, 3.05) is 0 Å². The Bertz CT molecular complexity index is 581. The van der Waals surface area contributed by atoms with Crippen molar-refractivity contribution in [1.82, 2.24) is 0 Å². The molecular formula is C16H14ClFO. The van der Waals surface area contributed by atoms with Gasteiger partial charge >= 0.3 is 0 Å². The molecule has 0 saturated carbocycles. The summed E-state index contributed by atoms with van der Waals surface area (Å²) < 4.78 is 19.9. The van der Waals surface area contributed by atoms with Crippen LogP contribution in [0, 0.1) is 5.82 Å². The monoisotopic (exact) mass is 276 g/mol. The number of halogens is 2. The van der Waals surface area contributed by atoms with Gasteiger partial charge in [0, 0.05) is 5.92 Å². The highest BCUT2D eigenvalue weighted by Crippen LogP contribution is 2.36. The summed E-state index contributed by atoms with van der Waals surface area (Å²) >= 11 is 6.01. The second-order valence-corrected chi connectivity index (χ2v) is 4.63. The van der Waals surface area contributed by atoms with E-state index >= 15 is 0 Å². The van der Waals surface area contributed by atoms with Gasteiger partial charge in [-0.2, -0.15) is 0 Å². The van der Waals surface area contributed by atoms with E-state index in [1.54, 1.807) is 30.3 Å². The van der Waals surface area contributed by atoms with E-state index in [1.165, 1.54) is 0 Å². The molecule has 0 amide bonds. The van der Waals surface area contributed by atoms with E-state index in [2.05, 4.69) is 6.58 Å². The Balaban J connectivity index is 2.42. The van der Waals surface area contributed by atoms with Gasteiger partial charge in [0.05, 0.1) is 5.02 Å². The fourth-order valence-electron chi connectivity index (χ4n) is 1.73. The zero-order valence-electron chi connectivity index (χ0n) is 10.6. The van der Waals surface area contributed by atoms with Gasteiger partial charge in [0.25, 0.3) is 0 Å². The number of ether oxygens (including phenoxy) is 1. The summed E-state index contributed by atoms with van der Waals surface area (Å²) in [5.41, 5.74) is 0.519. The predicted octanol–water partition coefficient (Wildman–Crippen LogP) is 5.56. The number of hydrogen-bond acceptors (Lipinski definition) is 1. The zero-order valence-corrected chi connectivity index (χ0v) is 11.3. The minimum absolute atomic E-state index is 0.0547. The van der Waals surface area contributed by atoms with Crippen LogP contribution >= 0.6 is 11.6 Å². The van der Waals surface area contributed by atoms with Crippen LogP contribution in [0.25, 0.3) is 0 Å². The maximum Gasteiger partial charge on any atom is 0.181 e. The highest BCUT2D eigenvalue weighted by molar-refractivity contribution is 6.32. The van der Waals surface area contributed by atoms with Crippen LogP contribution in [0.15, 0.2) is 55.1 Å². The lowest BCUT2D eigenvalue weighted by Crippen LogP contribution is -1.98. The number of rotatable bonds is 4. The number of para-hydroxylation sites is 1. The lowest BCUT2D eigenvalue weighted by atomic mass is 10.0. The largest absolute Gasteiger partial charge is 0.453 e. The Morgan fingerprint density at radius 2 is 1.89 bits per heavy atom.